The van der Waals surface area contributed by atoms with Crippen molar-refractivity contribution in [2.24, 2.45) is 0 Å². The minimum Gasteiger partial charge on any atom is -0.478 e. The lowest BCUT2D eigenvalue weighted by Crippen LogP contribution is -2.54. The molecule has 0 spiro atoms. The van der Waals surface area contributed by atoms with Crippen molar-refractivity contribution in [1.82, 2.24) is 4.90 Å². The molecule has 1 unspecified atom stereocenters. The fraction of sp³-hybridized carbons (Fsp3) is 0.259. The summed E-state index contributed by atoms with van der Waals surface area (Å²) < 4.78 is 5.84. The van der Waals surface area contributed by atoms with Gasteiger partial charge >= 0.3 is 12.1 Å². The number of anilines is 1. The summed E-state index contributed by atoms with van der Waals surface area (Å²) in [6.07, 6.45) is -0.287. The predicted molar refractivity (Wildman–Crippen MR) is 127 cm³/mol. The van der Waals surface area contributed by atoms with Gasteiger partial charge in [-0.3, -0.25) is 0 Å². The first-order chi connectivity index (χ1) is 16.0. The maximum absolute atomic E-state index is 13.0. The zero-order valence-corrected chi connectivity index (χ0v) is 18.5. The number of carbonyl (C=O) groups is 2. The Kier molecular flexibility index (Phi) is 5.50. The molecule has 5 rings (SSSR count). The lowest BCUT2D eigenvalue weighted by atomic mass is 9.98. The maximum atomic E-state index is 13.0. The van der Waals surface area contributed by atoms with Crippen molar-refractivity contribution in [3.63, 3.8) is 0 Å². The van der Waals surface area contributed by atoms with E-state index in [0.717, 1.165) is 5.69 Å². The number of fused-ring (bicyclic) bond motifs is 3. The molecule has 6 heteroatoms. The molecule has 1 fully saturated rings. The topological polar surface area (TPSA) is 70.1 Å². The average Bonchev–Trinajstić information content (AvgIpc) is 3.16. The summed E-state index contributed by atoms with van der Waals surface area (Å²) in [6.45, 7) is 4.21. The molecule has 3 aromatic rings. The summed E-state index contributed by atoms with van der Waals surface area (Å²) >= 11 is 0. The number of rotatable bonds is 4. The Balaban J connectivity index is 1.23. The maximum Gasteiger partial charge on any atom is 0.410 e. The summed E-state index contributed by atoms with van der Waals surface area (Å²) in [5.41, 5.74) is 6.06. The van der Waals surface area contributed by atoms with Crippen LogP contribution >= 0.6 is 0 Å². The molecule has 1 aliphatic carbocycles. The van der Waals surface area contributed by atoms with E-state index in [1.54, 1.807) is 17.0 Å². The van der Waals surface area contributed by atoms with Crippen LogP contribution in [0, 0.1) is 0 Å². The Morgan fingerprint density at radius 3 is 2.09 bits per heavy atom. The standard InChI is InChI=1S/C27H26N2O4/c1-18-16-28(20-12-10-19(11-13-20)26(30)31)14-15-29(18)27(32)33-17-25-23-8-4-2-6-21(23)22-7-3-5-9-24(22)25/h2-13,18,25H,14-17H2,1H3,(H,30,31). The summed E-state index contributed by atoms with van der Waals surface area (Å²) in [5, 5.41) is 9.09. The Morgan fingerprint density at radius 2 is 1.52 bits per heavy atom. The molecule has 1 heterocycles. The molecule has 2 aliphatic rings. The number of piperazine rings is 1. The van der Waals surface area contributed by atoms with Crippen molar-refractivity contribution in [1.29, 1.82) is 0 Å². The molecule has 0 bridgehead atoms. The third kappa shape index (κ3) is 3.93. The molecule has 1 saturated heterocycles. The van der Waals surface area contributed by atoms with Gasteiger partial charge in [0.05, 0.1) is 5.56 Å². The minimum atomic E-state index is -0.935. The lowest BCUT2D eigenvalue weighted by molar-refractivity contribution is 0.0696. The van der Waals surface area contributed by atoms with Gasteiger partial charge in [-0.2, -0.15) is 0 Å². The van der Waals surface area contributed by atoms with Gasteiger partial charge in [0.1, 0.15) is 6.61 Å². The van der Waals surface area contributed by atoms with E-state index in [1.165, 1.54) is 22.3 Å². The monoisotopic (exact) mass is 442 g/mol. The molecule has 33 heavy (non-hydrogen) atoms. The normalized spacial score (nSPS) is 17.4. The van der Waals surface area contributed by atoms with E-state index in [9.17, 15) is 9.59 Å². The van der Waals surface area contributed by atoms with Gasteiger partial charge in [0.25, 0.3) is 0 Å². The Hall–Kier alpha value is -3.80. The molecule has 0 aromatic heterocycles. The van der Waals surface area contributed by atoms with Crippen molar-refractivity contribution < 1.29 is 19.4 Å². The molecule has 0 radical (unpaired) electrons. The molecular formula is C27H26N2O4. The number of amides is 1. The number of carboxylic acid groups (broad SMARTS) is 1. The van der Waals surface area contributed by atoms with Gasteiger partial charge < -0.3 is 19.6 Å². The molecule has 0 saturated carbocycles. The zero-order valence-electron chi connectivity index (χ0n) is 18.5. The van der Waals surface area contributed by atoms with E-state index in [1.807, 2.05) is 43.3 Å². The van der Waals surface area contributed by atoms with Gasteiger partial charge in [0.2, 0.25) is 0 Å². The van der Waals surface area contributed by atoms with E-state index >= 15 is 0 Å². The van der Waals surface area contributed by atoms with Crippen LogP contribution in [0.25, 0.3) is 11.1 Å². The van der Waals surface area contributed by atoms with Crippen LogP contribution in [-0.4, -0.2) is 54.4 Å². The first kappa shape index (κ1) is 21.1. The van der Waals surface area contributed by atoms with E-state index in [2.05, 4.69) is 29.2 Å². The van der Waals surface area contributed by atoms with E-state index in [-0.39, 0.29) is 23.6 Å². The van der Waals surface area contributed by atoms with Crippen molar-refractivity contribution >= 4 is 17.7 Å². The molecule has 1 N–H and O–H groups in total. The number of nitrogens with zero attached hydrogens (tertiary/aromatic N) is 2. The second-order valence-corrected chi connectivity index (χ2v) is 8.64. The van der Waals surface area contributed by atoms with E-state index in [4.69, 9.17) is 9.84 Å². The third-order valence-corrected chi connectivity index (χ3v) is 6.68. The Bertz CT molecular complexity index is 1150. The zero-order chi connectivity index (χ0) is 22.9. The van der Waals surface area contributed by atoms with Crippen LogP contribution in [0.4, 0.5) is 10.5 Å². The highest BCUT2D eigenvalue weighted by atomic mass is 16.6. The molecule has 168 valence electrons. The fourth-order valence-electron chi connectivity index (χ4n) is 4.96. The summed E-state index contributed by atoms with van der Waals surface area (Å²) in [6, 6.07) is 23.5. The smallest absolute Gasteiger partial charge is 0.410 e. The van der Waals surface area contributed by atoms with Crippen LogP contribution in [0.3, 0.4) is 0 Å². The van der Waals surface area contributed by atoms with E-state index < -0.39 is 5.97 Å². The molecule has 1 atom stereocenters. The Labute approximate surface area is 193 Å². The highest BCUT2D eigenvalue weighted by Crippen LogP contribution is 2.44. The number of aromatic carboxylic acids is 1. The number of benzene rings is 3. The van der Waals surface area contributed by atoms with Gasteiger partial charge in [-0.1, -0.05) is 48.5 Å². The molecular weight excluding hydrogens is 416 g/mol. The number of hydrogen-bond donors (Lipinski definition) is 1. The highest BCUT2D eigenvalue weighted by Gasteiger charge is 2.32. The number of hydrogen-bond acceptors (Lipinski definition) is 4. The molecule has 6 nitrogen and oxygen atoms in total. The third-order valence-electron chi connectivity index (χ3n) is 6.68. The second kappa shape index (κ2) is 8.62. The summed E-state index contributed by atoms with van der Waals surface area (Å²) in [4.78, 5) is 28.0. The first-order valence-corrected chi connectivity index (χ1v) is 11.2. The van der Waals surface area contributed by atoms with Crippen LogP contribution < -0.4 is 4.90 Å². The van der Waals surface area contributed by atoms with Crippen molar-refractivity contribution in [2.75, 3.05) is 31.1 Å². The Morgan fingerprint density at radius 1 is 0.909 bits per heavy atom. The number of ether oxygens (including phenoxy) is 1. The van der Waals surface area contributed by atoms with Gasteiger partial charge in [0, 0.05) is 37.3 Å². The first-order valence-electron chi connectivity index (χ1n) is 11.2. The van der Waals surface area contributed by atoms with Gasteiger partial charge in [-0.05, 0) is 53.4 Å². The molecule has 1 aliphatic heterocycles. The highest BCUT2D eigenvalue weighted by molar-refractivity contribution is 5.88. The number of carboxylic acids is 1. The SMILES string of the molecule is CC1CN(c2ccc(C(=O)O)cc2)CCN1C(=O)OCC1c2ccccc2-c2ccccc21. The quantitative estimate of drug-likeness (QED) is 0.626. The fourth-order valence-corrected chi connectivity index (χ4v) is 4.96. The molecule has 1 amide bonds. The number of carbonyl (C=O) groups excluding carboxylic acids is 1. The van der Waals surface area contributed by atoms with Crippen LogP contribution in [0.5, 0.6) is 0 Å². The van der Waals surface area contributed by atoms with Crippen molar-refractivity contribution in [3.8, 4) is 11.1 Å². The summed E-state index contributed by atoms with van der Waals surface area (Å²) in [7, 11) is 0. The van der Waals surface area contributed by atoms with Crippen molar-refractivity contribution in [3.05, 3.63) is 89.5 Å². The van der Waals surface area contributed by atoms with E-state index in [0.29, 0.717) is 26.2 Å². The van der Waals surface area contributed by atoms with Crippen LogP contribution in [0.2, 0.25) is 0 Å². The minimum absolute atomic E-state index is 0.0199. The van der Waals surface area contributed by atoms with Gasteiger partial charge in [-0.25, -0.2) is 9.59 Å². The van der Waals surface area contributed by atoms with Crippen molar-refractivity contribution in [2.45, 2.75) is 18.9 Å². The second-order valence-electron chi connectivity index (χ2n) is 8.64. The van der Waals surface area contributed by atoms with Crippen LogP contribution in [0.1, 0.15) is 34.3 Å². The predicted octanol–water partition coefficient (Wildman–Crippen LogP) is 4.84. The van der Waals surface area contributed by atoms with Gasteiger partial charge in [0.15, 0.2) is 0 Å². The average molecular weight is 443 g/mol. The molecule has 3 aromatic carbocycles. The van der Waals surface area contributed by atoms with Crippen LogP contribution in [0.15, 0.2) is 72.8 Å². The van der Waals surface area contributed by atoms with Gasteiger partial charge in [-0.15, -0.1) is 0 Å². The lowest BCUT2D eigenvalue weighted by Gasteiger charge is -2.40. The van der Waals surface area contributed by atoms with Crippen LogP contribution in [-0.2, 0) is 4.74 Å². The largest absolute Gasteiger partial charge is 0.478 e. The summed E-state index contributed by atoms with van der Waals surface area (Å²) in [5.74, 6) is -0.888.